The SMILES string of the molecule is C=C(C1=Cc2ccc(-c3ccc(C(=C)N4C[C@H](O)[C@@H](O)C4)cc3)cc2N=C(N)C1)N(CCC)CCC. The lowest BCUT2D eigenvalue weighted by Gasteiger charge is -2.27. The number of hydrogen-bond acceptors (Lipinski definition) is 6. The smallest absolute Gasteiger partial charge is 0.104 e. The van der Waals surface area contributed by atoms with Crippen LogP contribution in [0.2, 0.25) is 0 Å². The van der Waals surface area contributed by atoms with E-state index in [4.69, 9.17) is 10.7 Å². The molecule has 4 rings (SSSR count). The number of allylic oxidation sites excluding steroid dienone is 1. The molecule has 4 N–H and O–H groups in total. The van der Waals surface area contributed by atoms with E-state index in [2.05, 4.69) is 68.3 Å². The summed E-state index contributed by atoms with van der Waals surface area (Å²) in [6.07, 6.45) is 3.44. The van der Waals surface area contributed by atoms with Crippen LogP contribution in [0.1, 0.15) is 44.2 Å². The van der Waals surface area contributed by atoms with Gasteiger partial charge in [-0.2, -0.15) is 0 Å². The molecule has 0 unspecified atom stereocenters. The second kappa shape index (κ2) is 11.1. The van der Waals surface area contributed by atoms with Crippen molar-refractivity contribution in [3.8, 4) is 11.1 Å². The van der Waals surface area contributed by atoms with Gasteiger partial charge in [-0.1, -0.05) is 63.4 Å². The van der Waals surface area contributed by atoms with E-state index in [0.29, 0.717) is 25.3 Å². The number of hydrogen-bond donors (Lipinski definition) is 3. The zero-order valence-electron chi connectivity index (χ0n) is 21.5. The van der Waals surface area contributed by atoms with E-state index >= 15 is 0 Å². The Morgan fingerprint density at radius 3 is 2.22 bits per heavy atom. The first-order valence-electron chi connectivity index (χ1n) is 12.8. The van der Waals surface area contributed by atoms with Gasteiger partial charge in [-0.3, -0.25) is 0 Å². The predicted molar refractivity (Wildman–Crippen MR) is 150 cm³/mol. The number of amidine groups is 1. The average Bonchev–Trinajstić information content (AvgIpc) is 3.11. The summed E-state index contributed by atoms with van der Waals surface area (Å²) in [6, 6.07) is 14.5. The fraction of sp³-hybridized carbons (Fsp3) is 0.367. The summed E-state index contributed by atoms with van der Waals surface area (Å²) in [4.78, 5) is 9.00. The highest BCUT2D eigenvalue weighted by molar-refractivity contribution is 5.92. The Morgan fingerprint density at radius 2 is 1.61 bits per heavy atom. The van der Waals surface area contributed by atoms with Crippen molar-refractivity contribution in [1.82, 2.24) is 9.80 Å². The van der Waals surface area contributed by atoms with Crippen molar-refractivity contribution in [3.63, 3.8) is 0 Å². The Balaban J connectivity index is 1.56. The van der Waals surface area contributed by atoms with E-state index in [0.717, 1.165) is 70.8 Å². The van der Waals surface area contributed by atoms with Gasteiger partial charge in [0.15, 0.2) is 0 Å². The Labute approximate surface area is 214 Å². The van der Waals surface area contributed by atoms with Crippen LogP contribution >= 0.6 is 0 Å². The van der Waals surface area contributed by atoms with Gasteiger partial charge >= 0.3 is 0 Å². The summed E-state index contributed by atoms with van der Waals surface area (Å²) in [6.45, 7) is 15.7. The maximum atomic E-state index is 9.85. The van der Waals surface area contributed by atoms with E-state index in [1.807, 2.05) is 17.0 Å². The summed E-state index contributed by atoms with van der Waals surface area (Å²) in [7, 11) is 0. The first-order chi connectivity index (χ1) is 17.3. The molecule has 0 spiro atoms. The lowest BCUT2D eigenvalue weighted by atomic mass is 9.99. The van der Waals surface area contributed by atoms with E-state index in [1.165, 1.54) is 0 Å². The summed E-state index contributed by atoms with van der Waals surface area (Å²) < 4.78 is 0. The summed E-state index contributed by atoms with van der Waals surface area (Å²) in [5.41, 5.74) is 14.3. The van der Waals surface area contributed by atoms with Crippen molar-refractivity contribution in [1.29, 1.82) is 0 Å². The largest absolute Gasteiger partial charge is 0.389 e. The number of likely N-dealkylation sites (tertiary alicyclic amines) is 1. The molecule has 0 saturated carbocycles. The minimum atomic E-state index is -0.735. The number of β-amino-alcohol motifs (C(OH)–C–C–N with tert-alkyl or cyclic N) is 2. The number of aliphatic hydroxyl groups is 2. The van der Waals surface area contributed by atoms with E-state index in [-0.39, 0.29) is 0 Å². The van der Waals surface area contributed by atoms with Gasteiger partial charge in [-0.25, -0.2) is 4.99 Å². The Kier molecular flexibility index (Phi) is 7.97. The fourth-order valence-electron chi connectivity index (χ4n) is 4.91. The minimum absolute atomic E-state index is 0.391. The van der Waals surface area contributed by atoms with Gasteiger partial charge < -0.3 is 25.7 Å². The van der Waals surface area contributed by atoms with Gasteiger partial charge in [0, 0.05) is 49.6 Å². The Bertz CT molecular complexity index is 1170. The second-order valence-electron chi connectivity index (χ2n) is 9.72. The van der Waals surface area contributed by atoms with Crippen LogP contribution in [0.15, 0.2) is 71.9 Å². The first kappa shape index (κ1) is 25.7. The van der Waals surface area contributed by atoms with Crippen LogP contribution in [-0.4, -0.2) is 64.2 Å². The molecule has 0 aliphatic carbocycles. The van der Waals surface area contributed by atoms with Crippen LogP contribution in [0.4, 0.5) is 5.69 Å². The lowest BCUT2D eigenvalue weighted by Crippen LogP contribution is -2.26. The van der Waals surface area contributed by atoms with Gasteiger partial charge in [-0.15, -0.1) is 0 Å². The average molecular weight is 487 g/mol. The zero-order valence-corrected chi connectivity index (χ0v) is 21.5. The van der Waals surface area contributed by atoms with Crippen molar-refractivity contribution in [2.45, 2.75) is 45.3 Å². The molecule has 0 amide bonds. The minimum Gasteiger partial charge on any atom is -0.389 e. The molecule has 0 bridgehead atoms. The number of aliphatic hydroxyl groups excluding tert-OH is 2. The fourth-order valence-corrected chi connectivity index (χ4v) is 4.91. The van der Waals surface area contributed by atoms with Gasteiger partial charge in [0.25, 0.3) is 0 Å². The van der Waals surface area contributed by atoms with Crippen molar-refractivity contribution in [2.75, 3.05) is 26.2 Å². The van der Waals surface area contributed by atoms with E-state index in [9.17, 15) is 10.2 Å². The number of benzene rings is 2. The number of nitrogens with two attached hydrogens (primary N) is 1. The van der Waals surface area contributed by atoms with Crippen molar-refractivity contribution in [2.24, 2.45) is 10.7 Å². The van der Waals surface area contributed by atoms with Crippen LogP contribution in [-0.2, 0) is 0 Å². The molecule has 1 saturated heterocycles. The van der Waals surface area contributed by atoms with Crippen molar-refractivity contribution < 1.29 is 10.2 Å². The number of aliphatic imine (C=N–C) groups is 1. The Morgan fingerprint density at radius 1 is 1.00 bits per heavy atom. The topological polar surface area (TPSA) is 85.3 Å². The van der Waals surface area contributed by atoms with Crippen molar-refractivity contribution >= 4 is 23.3 Å². The Hall–Kier alpha value is -3.35. The molecule has 2 atom stereocenters. The molecule has 2 aromatic rings. The molecule has 2 aromatic carbocycles. The monoisotopic (exact) mass is 486 g/mol. The molecule has 1 fully saturated rings. The van der Waals surface area contributed by atoms with E-state index < -0.39 is 12.2 Å². The van der Waals surface area contributed by atoms with Crippen LogP contribution in [0.3, 0.4) is 0 Å². The number of rotatable bonds is 9. The number of fused-ring (bicyclic) bond motifs is 1. The molecular formula is C30H38N4O2. The molecule has 36 heavy (non-hydrogen) atoms. The van der Waals surface area contributed by atoms with Crippen LogP contribution in [0.5, 0.6) is 0 Å². The maximum Gasteiger partial charge on any atom is 0.104 e. The molecule has 6 heteroatoms. The van der Waals surface area contributed by atoms with E-state index in [1.54, 1.807) is 0 Å². The molecule has 2 aliphatic heterocycles. The predicted octanol–water partition coefficient (Wildman–Crippen LogP) is 4.77. The van der Waals surface area contributed by atoms with Crippen LogP contribution < -0.4 is 5.73 Å². The lowest BCUT2D eigenvalue weighted by molar-refractivity contribution is 0.0572. The molecule has 190 valence electrons. The third-order valence-corrected chi connectivity index (χ3v) is 6.93. The quantitative estimate of drug-likeness (QED) is 0.475. The van der Waals surface area contributed by atoms with Gasteiger partial charge in [0.2, 0.25) is 0 Å². The third-order valence-electron chi connectivity index (χ3n) is 6.93. The van der Waals surface area contributed by atoms with Gasteiger partial charge in [0.05, 0.1) is 17.9 Å². The molecular weight excluding hydrogens is 448 g/mol. The maximum absolute atomic E-state index is 9.85. The van der Waals surface area contributed by atoms with Gasteiger partial charge in [0.1, 0.15) is 5.84 Å². The molecule has 6 nitrogen and oxygen atoms in total. The molecule has 0 radical (unpaired) electrons. The summed E-state index contributed by atoms with van der Waals surface area (Å²) >= 11 is 0. The summed E-state index contributed by atoms with van der Waals surface area (Å²) in [5.74, 6) is 0.591. The second-order valence-corrected chi connectivity index (χ2v) is 9.72. The first-order valence-corrected chi connectivity index (χ1v) is 12.8. The molecule has 0 aromatic heterocycles. The zero-order chi connectivity index (χ0) is 25.8. The van der Waals surface area contributed by atoms with Crippen LogP contribution in [0.25, 0.3) is 22.9 Å². The molecule has 2 heterocycles. The highest BCUT2D eigenvalue weighted by atomic mass is 16.3. The summed E-state index contributed by atoms with van der Waals surface area (Å²) in [5, 5.41) is 19.7. The highest BCUT2D eigenvalue weighted by Crippen LogP contribution is 2.34. The van der Waals surface area contributed by atoms with Crippen molar-refractivity contribution in [3.05, 3.63) is 78.0 Å². The third kappa shape index (κ3) is 5.55. The standard InChI is InChI=1S/C30H38N4O2/c1-5-13-33(14-6-2)21(4)26-15-25-12-11-24(16-27(25)32-30(31)17-26)23-9-7-22(8-10-23)20(3)34-18-28(35)29(36)19-34/h7-12,15-16,28-29,35-36H,3-6,13-14,17-19H2,1-2H3,(H2,31,32)/t28-,29-/m0/s1. The molecule has 2 aliphatic rings. The number of nitrogens with zero attached hydrogens (tertiary/aromatic N) is 3. The van der Waals surface area contributed by atoms with Crippen LogP contribution in [0, 0.1) is 0 Å². The normalized spacial score (nSPS) is 19.3. The van der Waals surface area contributed by atoms with Gasteiger partial charge in [-0.05, 0) is 47.2 Å². The highest BCUT2D eigenvalue weighted by Gasteiger charge is 2.30.